The topological polar surface area (TPSA) is 63.0 Å². The van der Waals surface area contributed by atoms with Crippen LogP contribution in [-0.2, 0) is 0 Å². The highest BCUT2D eigenvalue weighted by Crippen LogP contribution is 2.51. The number of halogens is 2. The zero-order valence-electron chi connectivity index (χ0n) is 9.85. The summed E-state index contributed by atoms with van der Waals surface area (Å²) < 4.78 is 0. The summed E-state index contributed by atoms with van der Waals surface area (Å²) in [7, 11) is 0. The first kappa shape index (κ1) is 12.7. The van der Waals surface area contributed by atoms with E-state index in [9.17, 15) is 0 Å². The van der Waals surface area contributed by atoms with Crippen LogP contribution in [0.5, 0.6) is 0 Å². The lowest BCUT2D eigenvalue weighted by Gasteiger charge is -2.11. The number of hydrogen-bond acceptors (Lipinski definition) is 4. The molecule has 0 spiro atoms. The van der Waals surface area contributed by atoms with E-state index >= 15 is 0 Å². The maximum absolute atomic E-state index is 6.06. The van der Waals surface area contributed by atoms with Gasteiger partial charge in [-0.1, -0.05) is 37.0 Å². The molecule has 4 nitrogen and oxygen atoms in total. The Labute approximate surface area is 111 Å². The van der Waals surface area contributed by atoms with Gasteiger partial charge in [0.05, 0.1) is 10.0 Å². The standard InChI is InChI=1S/C11H16Cl2N4/c1-11(2)4-6(11)5-15-9-7(12)3-8(13)10(16-9)17-14/h3,6H,4-5,14H2,1-2H3,(H2,15,16,17). The van der Waals surface area contributed by atoms with Crippen LogP contribution in [0.1, 0.15) is 20.3 Å². The number of anilines is 2. The molecule has 1 fully saturated rings. The molecule has 0 radical (unpaired) electrons. The molecule has 0 aliphatic heterocycles. The maximum Gasteiger partial charge on any atom is 0.161 e. The van der Waals surface area contributed by atoms with Crippen LogP contribution in [0.25, 0.3) is 0 Å². The molecule has 1 aliphatic carbocycles. The highest BCUT2D eigenvalue weighted by Gasteiger charge is 2.45. The first-order valence-electron chi connectivity index (χ1n) is 5.50. The van der Waals surface area contributed by atoms with E-state index in [0.29, 0.717) is 33.0 Å². The summed E-state index contributed by atoms with van der Waals surface area (Å²) in [5, 5.41) is 4.15. The van der Waals surface area contributed by atoms with E-state index in [1.807, 2.05) is 0 Å². The Bertz CT molecular complexity index is 434. The van der Waals surface area contributed by atoms with Gasteiger partial charge >= 0.3 is 0 Å². The third-order valence-electron chi connectivity index (χ3n) is 3.30. The van der Waals surface area contributed by atoms with Crippen molar-refractivity contribution in [3.63, 3.8) is 0 Å². The number of pyridine rings is 1. The molecule has 0 saturated heterocycles. The molecule has 0 amide bonds. The van der Waals surface area contributed by atoms with Crippen LogP contribution >= 0.6 is 23.2 Å². The second-order valence-corrected chi connectivity index (χ2v) is 5.88. The van der Waals surface area contributed by atoms with Crippen molar-refractivity contribution in [1.82, 2.24) is 4.98 Å². The largest absolute Gasteiger partial charge is 0.368 e. The van der Waals surface area contributed by atoms with Crippen LogP contribution in [0.4, 0.5) is 11.6 Å². The third kappa shape index (κ3) is 2.76. The molecule has 1 unspecified atom stereocenters. The van der Waals surface area contributed by atoms with Gasteiger partial charge in [-0.25, -0.2) is 10.8 Å². The molecule has 6 heteroatoms. The van der Waals surface area contributed by atoms with Crippen molar-refractivity contribution in [1.29, 1.82) is 0 Å². The number of nitrogens with two attached hydrogens (primary N) is 1. The van der Waals surface area contributed by atoms with Gasteiger partial charge in [-0.3, -0.25) is 0 Å². The molecule has 1 heterocycles. The molecule has 1 aromatic rings. The Hall–Kier alpha value is -0.710. The molecule has 4 N–H and O–H groups in total. The summed E-state index contributed by atoms with van der Waals surface area (Å²) in [6.07, 6.45) is 1.23. The number of hydrazine groups is 1. The van der Waals surface area contributed by atoms with Crippen LogP contribution in [0, 0.1) is 11.3 Å². The van der Waals surface area contributed by atoms with Crippen LogP contribution < -0.4 is 16.6 Å². The summed E-state index contributed by atoms with van der Waals surface area (Å²) in [5.41, 5.74) is 2.87. The second kappa shape index (κ2) is 4.52. The molecule has 94 valence electrons. The fourth-order valence-corrected chi connectivity index (χ4v) is 2.32. The van der Waals surface area contributed by atoms with Crippen LogP contribution in [0.15, 0.2) is 6.07 Å². The minimum Gasteiger partial charge on any atom is -0.368 e. The second-order valence-electron chi connectivity index (χ2n) is 5.06. The lowest BCUT2D eigenvalue weighted by molar-refractivity contribution is 0.573. The van der Waals surface area contributed by atoms with Gasteiger partial charge in [-0.05, 0) is 23.8 Å². The lowest BCUT2D eigenvalue weighted by Crippen LogP contribution is -2.13. The van der Waals surface area contributed by atoms with Crippen LogP contribution in [0.3, 0.4) is 0 Å². The lowest BCUT2D eigenvalue weighted by atomic mass is 10.1. The molecular formula is C11H16Cl2N4. The smallest absolute Gasteiger partial charge is 0.161 e. The Morgan fingerprint density at radius 2 is 2.00 bits per heavy atom. The van der Waals surface area contributed by atoms with Crippen LogP contribution in [0.2, 0.25) is 10.0 Å². The predicted molar refractivity (Wildman–Crippen MR) is 72.4 cm³/mol. The van der Waals surface area contributed by atoms with E-state index < -0.39 is 0 Å². The highest BCUT2D eigenvalue weighted by molar-refractivity contribution is 6.37. The number of hydrogen-bond donors (Lipinski definition) is 3. The molecular weight excluding hydrogens is 259 g/mol. The Kier molecular flexibility index (Phi) is 3.39. The first-order valence-corrected chi connectivity index (χ1v) is 6.26. The van der Waals surface area contributed by atoms with Crippen molar-refractivity contribution in [2.75, 3.05) is 17.3 Å². The van der Waals surface area contributed by atoms with Gasteiger partial charge in [0.2, 0.25) is 0 Å². The van der Waals surface area contributed by atoms with Crippen molar-refractivity contribution >= 4 is 34.8 Å². The first-order chi connectivity index (χ1) is 7.94. The molecule has 1 saturated carbocycles. The van der Waals surface area contributed by atoms with Crippen molar-refractivity contribution < 1.29 is 0 Å². The van der Waals surface area contributed by atoms with Crippen molar-refractivity contribution in [2.45, 2.75) is 20.3 Å². The highest BCUT2D eigenvalue weighted by atomic mass is 35.5. The fourth-order valence-electron chi connectivity index (χ4n) is 1.84. The minimum atomic E-state index is 0.412. The van der Waals surface area contributed by atoms with Crippen molar-refractivity contribution in [3.05, 3.63) is 16.1 Å². The average Bonchev–Trinajstić information content (AvgIpc) is 2.85. The summed E-state index contributed by atoms with van der Waals surface area (Å²) in [6.45, 7) is 5.37. The maximum atomic E-state index is 6.06. The number of rotatable bonds is 4. The van der Waals surface area contributed by atoms with E-state index in [2.05, 4.69) is 29.6 Å². The number of aromatic nitrogens is 1. The van der Waals surface area contributed by atoms with Gasteiger partial charge in [0.25, 0.3) is 0 Å². The molecule has 1 atom stereocenters. The summed E-state index contributed by atoms with van der Waals surface area (Å²) in [5.74, 6) is 7.03. The minimum absolute atomic E-state index is 0.412. The summed E-state index contributed by atoms with van der Waals surface area (Å²) >= 11 is 12.0. The normalized spacial score (nSPS) is 21.1. The van der Waals surface area contributed by atoms with E-state index in [1.54, 1.807) is 6.07 Å². The van der Waals surface area contributed by atoms with Crippen LogP contribution in [-0.4, -0.2) is 11.5 Å². The Balaban J connectivity index is 2.05. The third-order valence-corrected chi connectivity index (χ3v) is 3.88. The van der Waals surface area contributed by atoms with Gasteiger partial charge in [0, 0.05) is 6.54 Å². The van der Waals surface area contributed by atoms with Gasteiger partial charge in [-0.15, -0.1) is 0 Å². The van der Waals surface area contributed by atoms with Gasteiger partial charge in [0.15, 0.2) is 5.82 Å². The molecule has 0 bridgehead atoms. The zero-order chi connectivity index (χ0) is 12.6. The zero-order valence-corrected chi connectivity index (χ0v) is 11.4. The fraction of sp³-hybridized carbons (Fsp3) is 0.545. The van der Waals surface area contributed by atoms with E-state index in [4.69, 9.17) is 29.0 Å². The van der Waals surface area contributed by atoms with Crippen molar-refractivity contribution in [3.8, 4) is 0 Å². The van der Waals surface area contributed by atoms with E-state index in [-0.39, 0.29) is 0 Å². The van der Waals surface area contributed by atoms with E-state index in [1.165, 1.54) is 6.42 Å². The number of nitrogens with one attached hydrogen (secondary N) is 2. The molecule has 0 aromatic carbocycles. The molecule has 17 heavy (non-hydrogen) atoms. The monoisotopic (exact) mass is 274 g/mol. The Morgan fingerprint density at radius 3 is 2.53 bits per heavy atom. The predicted octanol–water partition coefficient (Wildman–Crippen LogP) is 3.13. The van der Waals surface area contributed by atoms with Gasteiger partial charge in [0.1, 0.15) is 5.82 Å². The number of nitrogens with zero attached hydrogens (tertiary/aromatic N) is 1. The quantitative estimate of drug-likeness (QED) is 0.583. The van der Waals surface area contributed by atoms with Crippen molar-refractivity contribution in [2.24, 2.45) is 17.2 Å². The summed E-state index contributed by atoms with van der Waals surface area (Å²) in [4.78, 5) is 4.23. The molecule has 1 aromatic heterocycles. The molecule has 1 aliphatic rings. The Morgan fingerprint density at radius 1 is 1.41 bits per heavy atom. The number of nitrogen functional groups attached to an aromatic ring is 1. The van der Waals surface area contributed by atoms with Gasteiger partial charge < -0.3 is 10.7 Å². The molecule has 2 rings (SSSR count). The average molecular weight is 275 g/mol. The van der Waals surface area contributed by atoms with E-state index in [0.717, 1.165) is 6.54 Å². The summed E-state index contributed by atoms with van der Waals surface area (Å²) in [6, 6.07) is 1.63. The van der Waals surface area contributed by atoms with Gasteiger partial charge in [-0.2, -0.15) is 0 Å². The SMILES string of the molecule is CC1(C)CC1CNc1nc(NN)c(Cl)cc1Cl.